The second-order valence-corrected chi connectivity index (χ2v) is 6.88. The highest BCUT2D eigenvalue weighted by molar-refractivity contribution is 8.01. The number of para-hydroxylation sites is 1. The largest absolute Gasteiger partial charge is 0.465 e. The maximum Gasteiger partial charge on any atom is 0.341 e. The lowest BCUT2D eigenvalue weighted by Crippen LogP contribution is -2.31. The van der Waals surface area contributed by atoms with Crippen LogP contribution in [0.15, 0.2) is 39.6 Å². The van der Waals surface area contributed by atoms with Gasteiger partial charge in [0.2, 0.25) is 5.91 Å². The maximum absolute atomic E-state index is 12.1. The highest BCUT2D eigenvalue weighted by Gasteiger charge is 2.29. The summed E-state index contributed by atoms with van der Waals surface area (Å²) in [5.41, 5.74) is 1.03. The molecule has 0 fully saturated rings. The SMILES string of the molecule is COC(=O)c1cc(COC(=O)C[C@@H]2Sc3ccccc3NC2=O)oc1C. The van der Waals surface area contributed by atoms with Crippen LogP contribution in [0.1, 0.15) is 28.3 Å². The molecule has 0 bridgehead atoms. The molecule has 1 aromatic heterocycles. The number of esters is 2. The Hall–Kier alpha value is -2.74. The van der Waals surface area contributed by atoms with Crippen molar-refractivity contribution in [2.24, 2.45) is 0 Å². The van der Waals surface area contributed by atoms with E-state index in [1.54, 1.807) is 6.92 Å². The van der Waals surface area contributed by atoms with Crippen LogP contribution in [0.25, 0.3) is 0 Å². The average molecular weight is 375 g/mol. The molecule has 1 atom stereocenters. The molecule has 7 nitrogen and oxygen atoms in total. The van der Waals surface area contributed by atoms with Crippen molar-refractivity contribution in [3.05, 3.63) is 47.4 Å². The number of nitrogens with one attached hydrogen (secondary N) is 1. The fourth-order valence-corrected chi connectivity index (χ4v) is 3.61. The predicted molar refractivity (Wildman–Crippen MR) is 93.9 cm³/mol. The topological polar surface area (TPSA) is 94.8 Å². The van der Waals surface area contributed by atoms with E-state index in [4.69, 9.17) is 9.15 Å². The number of hydrogen-bond donors (Lipinski definition) is 1. The van der Waals surface area contributed by atoms with Gasteiger partial charge in [-0.3, -0.25) is 9.59 Å². The number of methoxy groups -OCH3 is 1. The standard InChI is InChI=1S/C18H17NO6S/c1-10-12(18(22)23-2)7-11(25-10)9-24-16(20)8-15-17(21)19-13-5-3-4-6-14(13)26-15/h3-7,15H,8-9H2,1-2H3,(H,19,21)/t15-/m0/s1. The number of aryl methyl sites for hydroxylation is 1. The molecular formula is C18H17NO6S. The monoisotopic (exact) mass is 375 g/mol. The molecule has 1 aliphatic heterocycles. The summed E-state index contributed by atoms with van der Waals surface area (Å²) in [4.78, 5) is 36.6. The number of fused-ring (bicyclic) bond motifs is 1. The van der Waals surface area contributed by atoms with Crippen LogP contribution in [-0.4, -0.2) is 30.2 Å². The van der Waals surface area contributed by atoms with Crippen LogP contribution < -0.4 is 5.32 Å². The summed E-state index contributed by atoms with van der Waals surface area (Å²) >= 11 is 1.33. The van der Waals surface area contributed by atoms with Gasteiger partial charge in [0.05, 0.1) is 24.5 Å². The summed E-state index contributed by atoms with van der Waals surface area (Å²) < 4.78 is 15.2. The first-order chi connectivity index (χ1) is 12.5. The van der Waals surface area contributed by atoms with Gasteiger partial charge in [-0.1, -0.05) is 12.1 Å². The number of carbonyl (C=O) groups excluding carboxylic acids is 3. The van der Waals surface area contributed by atoms with Crippen molar-refractivity contribution in [3.63, 3.8) is 0 Å². The van der Waals surface area contributed by atoms with Crippen LogP contribution in [-0.2, 0) is 25.7 Å². The predicted octanol–water partition coefficient (Wildman–Crippen LogP) is 2.92. The molecule has 0 unspecified atom stereocenters. The average Bonchev–Trinajstić information content (AvgIpc) is 3.00. The third kappa shape index (κ3) is 3.91. The smallest absolute Gasteiger partial charge is 0.341 e. The molecule has 1 N–H and O–H groups in total. The van der Waals surface area contributed by atoms with Gasteiger partial charge in [0, 0.05) is 4.90 Å². The summed E-state index contributed by atoms with van der Waals surface area (Å²) in [5, 5.41) is 2.23. The minimum atomic E-state index is -0.554. The van der Waals surface area contributed by atoms with Gasteiger partial charge in [-0.05, 0) is 25.1 Å². The molecule has 2 heterocycles. The van der Waals surface area contributed by atoms with Crippen LogP contribution >= 0.6 is 11.8 Å². The van der Waals surface area contributed by atoms with E-state index in [1.807, 2.05) is 24.3 Å². The van der Waals surface area contributed by atoms with E-state index < -0.39 is 17.2 Å². The third-order valence-electron chi connectivity index (χ3n) is 3.81. The fraction of sp³-hybridized carbons (Fsp3) is 0.278. The third-order valence-corrected chi connectivity index (χ3v) is 5.08. The van der Waals surface area contributed by atoms with Crippen molar-refractivity contribution in [1.82, 2.24) is 0 Å². The lowest BCUT2D eigenvalue weighted by atomic mass is 10.2. The number of anilines is 1. The van der Waals surface area contributed by atoms with Crippen LogP contribution in [0.2, 0.25) is 0 Å². The summed E-state index contributed by atoms with van der Waals surface area (Å²) in [6, 6.07) is 8.89. The second kappa shape index (κ2) is 7.65. The first-order valence-electron chi connectivity index (χ1n) is 7.87. The minimum Gasteiger partial charge on any atom is -0.465 e. The summed E-state index contributed by atoms with van der Waals surface area (Å²) in [5.74, 6) is -0.542. The number of furan rings is 1. The zero-order valence-electron chi connectivity index (χ0n) is 14.2. The quantitative estimate of drug-likeness (QED) is 0.803. The van der Waals surface area contributed by atoms with E-state index in [0.717, 1.165) is 10.6 Å². The van der Waals surface area contributed by atoms with Crippen LogP contribution in [0.5, 0.6) is 0 Å². The molecule has 0 saturated carbocycles. The van der Waals surface area contributed by atoms with Gasteiger partial charge in [0.15, 0.2) is 0 Å². The lowest BCUT2D eigenvalue weighted by molar-refractivity contribution is -0.146. The van der Waals surface area contributed by atoms with Crippen LogP contribution in [0.3, 0.4) is 0 Å². The molecule has 0 saturated heterocycles. The van der Waals surface area contributed by atoms with Crippen molar-refractivity contribution < 1.29 is 28.3 Å². The number of rotatable bonds is 5. The molecule has 0 aliphatic carbocycles. The molecule has 8 heteroatoms. The Balaban J connectivity index is 1.56. The molecule has 0 radical (unpaired) electrons. The van der Waals surface area contributed by atoms with Gasteiger partial charge in [0.25, 0.3) is 0 Å². The van der Waals surface area contributed by atoms with Crippen molar-refractivity contribution >= 4 is 35.3 Å². The Morgan fingerprint density at radius 3 is 2.85 bits per heavy atom. The molecule has 3 rings (SSSR count). The Kier molecular flexibility index (Phi) is 5.32. The molecule has 136 valence electrons. The molecule has 1 aliphatic rings. The Morgan fingerprint density at radius 1 is 1.31 bits per heavy atom. The van der Waals surface area contributed by atoms with Gasteiger partial charge in [0.1, 0.15) is 23.7 Å². The number of ether oxygens (including phenoxy) is 2. The zero-order chi connectivity index (χ0) is 18.7. The molecule has 1 aromatic carbocycles. The maximum atomic E-state index is 12.1. The highest BCUT2D eigenvalue weighted by atomic mass is 32.2. The Morgan fingerprint density at radius 2 is 2.08 bits per heavy atom. The van der Waals surface area contributed by atoms with Crippen molar-refractivity contribution in [1.29, 1.82) is 0 Å². The molecule has 0 spiro atoms. The summed E-state index contributed by atoms with van der Waals surface area (Å²) in [6.45, 7) is 1.50. The van der Waals surface area contributed by atoms with Crippen LogP contribution in [0.4, 0.5) is 5.69 Å². The number of thioether (sulfide) groups is 1. The van der Waals surface area contributed by atoms with Crippen molar-refractivity contribution in [2.75, 3.05) is 12.4 Å². The normalized spacial score (nSPS) is 15.8. The second-order valence-electron chi connectivity index (χ2n) is 5.63. The molecule has 26 heavy (non-hydrogen) atoms. The first kappa shape index (κ1) is 18.1. The fourth-order valence-electron chi connectivity index (χ4n) is 2.52. The number of hydrogen-bond acceptors (Lipinski definition) is 7. The molecule has 1 amide bonds. The van der Waals surface area contributed by atoms with E-state index >= 15 is 0 Å². The van der Waals surface area contributed by atoms with E-state index in [0.29, 0.717) is 11.5 Å². The van der Waals surface area contributed by atoms with E-state index in [1.165, 1.54) is 24.9 Å². The number of amides is 1. The van der Waals surface area contributed by atoms with Gasteiger partial charge in [-0.25, -0.2) is 4.79 Å². The minimum absolute atomic E-state index is 0.0611. The van der Waals surface area contributed by atoms with Crippen molar-refractivity contribution in [2.45, 2.75) is 30.1 Å². The van der Waals surface area contributed by atoms with Gasteiger partial charge >= 0.3 is 11.9 Å². The summed E-state index contributed by atoms with van der Waals surface area (Å²) in [7, 11) is 1.28. The van der Waals surface area contributed by atoms with Gasteiger partial charge in [-0.2, -0.15) is 0 Å². The number of benzene rings is 1. The summed E-state index contributed by atoms with van der Waals surface area (Å²) in [6.07, 6.45) is -0.0611. The zero-order valence-corrected chi connectivity index (χ0v) is 15.1. The van der Waals surface area contributed by atoms with Gasteiger partial charge in [-0.15, -0.1) is 11.8 Å². The van der Waals surface area contributed by atoms with E-state index in [-0.39, 0.29) is 24.5 Å². The first-order valence-corrected chi connectivity index (χ1v) is 8.75. The highest BCUT2D eigenvalue weighted by Crippen LogP contribution is 2.36. The molecular weight excluding hydrogens is 358 g/mol. The Bertz CT molecular complexity index is 859. The molecule has 2 aromatic rings. The Labute approximate surface area is 154 Å². The van der Waals surface area contributed by atoms with Gasteiger partial charge < -0.3 is 19.2 Å². The van der Waals surface area contributed by atoms with E-state index in [9.17, 15) is 14.4 Å². The van der Waals surface area contributed by atoms with Crippen LogP contribution in [0, 0.1) is 6.92 Å². The number of carbonyl (C=O) groups is 3. The van der Waals surface area contributed by atoms with E-state index in [2.05, 4.69) is 10.1 Å². The lowest BCUT2D eigenvalue weighted by Gasteiger charge is -2.23. The van der Waals surface area contributed by atoms with Crippen molar-refractivity contribution in [3.8, 4) is 0 Å².